The van der Waals surface area contributed by atoms with Crippen molar-refractivity contribution in [3.05, 3.63) is 34.9 Å². The van der Waals surface area contributed by atoms with Crippen molar-refractivity contribution in [2.45, 2.75) is 25.2 Å². The Balaban J connectivity index is 1.78. The number of unbranched alkanes of at least 4 members (excludes halogenated alkanes) is 1. The number of halogens is 1. The average molecular weight is 267 g/mol. The summed E-state index contributed by atoms with van der Waals surface area (Å²) in [5.41, 5.74) is 6.58. The molecule has 3 nitrogen and oxygen atoms in total. The van der Waals surface area contributed by atoms with Gasteiger partial charge in [0.2, 0.25) is 5.91 Å². The smallest absolute Gasteiger partial charge is 0.223 e. The van der Waals surface area contributed by atoms with E-state index in [1.165, 1.54) is 5.56 Å². The first-order valence-electron chi connectivity index (χ1n) is 6.45. The van der Waals surface area contributed by atoms with Crippen LogP contribution in [0, 0.1) is 5.92 Å². The highest BCUT2D eigenvalue weighted by molar-refractivity contribution is 6.30. The lowest BCUT2D eigenvalue weighted by molar-refractivity contribution is -0.122. The number of nitrogens with two attached hydrogens (primary N) is 1. The number of rotatable bonds is 6. The number of benzene rings is 1. The van der Waals surface area contributed by atoms with Crippen LogP contribution in [0.25, 0.3) is 0 Å². The van der Waals surface area contributed by atoms with Gasteiger partial charge in [-0.15, -0.1) is 0 Å². The van der Waals surface area contributed by atoms with E-state index < -0.39 is 0 Å². The lowest BCUT2D eigenvalue weighted by Crippen LogP contribution is -2.26. The van der Waals surface area contributed by atoms with E-state index in [1.54, 1.807) is 0 Å². The van der Waals surface area contributed by atoms with Crippen LogP contribution in [0.1, 0.15) is 30.7 Å². The monoisotopic (exact) mass is 266 g/mol. The maximum atomic E-state index is 11.9. The zero-order chi connectivity index (χ0) is 13.0. The molecule has 0 heterocycles. The van der Waals surface area contributed by atoms with Gasteiger partial charge in [0, 0.05) is 17.5 Å². The highest BCUT2D eigenvalue weighted by Gasteiger charge is 2.43. The molecule has 1 aliphatic carbocycles. The fourth-order valence-corrected chi connectivity index (χ4v) is 2.40. The van der Waals surface area contributed by atoms with Crippen molar-refractivity contribution >= 4 is 17.5 Å². The highest BCUT2D eigenvalue weighted by Crippen LogP contribution is 2.47. The molecule has 2 unspecified atom stereocenters. The lowest BCUT2D eigenvalue weighted by atomic mass is 10.1. The van der Waals surface area contributed by atoms with Crippen LogP contribution < -0.4 is 11.1 Å². The molecule has 4 heteroatoms. The van der Waals surface area contributed by atoms with Gasteiger partial charge in [-0.25, -0.2) is 0 Å². The van der Waals surface area contributed by atoms with Gasteiger partial charge in [0.1, 0.15) is 0 Å². The Hall–Kier alpha value is -1.06. The minimum Gasteiger partial charge on any atom is -0.356 e. The van der Waals surface area contributed by atoms with Crippen molar-refractivity contribution in [2.75, 3.05) is 13.1 Å². The summed E-state index contributed by atoms with van der Waals surface area (Å²) in [5, 5.41) is 3.70. The largest absolute Gasteiger partial charge is 0.356 e. The number of hydrogen-bond donors (Lipinski definition) is 2. The Morgan fingerprint density at radius 1 is 1.44 bits per heavy atom. The second-order valence-corrected chi connectivity index (χ2v) is 5.23. The van der Waals surface area contributed by atoms with Crippen molar-refractivity contribution in [3.63, 3.8) is 0 Å². The molecule has 0 bridgehead atoms. The van der Waals surface area contributed by atoms with Crippen LogP contribution in [0.4, 0.5) is 0 Å². The molecule has 18 heavy (non-hydrogen) atoms. The molecular weight excluding hydrogens is 248 g/mol. The highest BCUT2D eigenvalue weighted by atomic mass is 35.5. The molecule has 0 spiro atoms. The lowest BCUT2D eigenvalue weighted by Gasteiger charge is -2.04. The first-order valence-corrected chi connectivity index (χ1v) is 6.83. The zero-order valence-electron chi connectivity index (χ0n) is 10.4. The maximum Gasteiger partial charge on any atom is 0.223 e. The van der Waals surface area contributed by atoms with Gasteiger partial charge in [-0.3, -0.25) is 4.79 Å². The SMILES string of the molecule is NCCCCNC(=O)C1CC1c1cccc(Cl)c1. The fourth-order valence-electron chi connectivity index (χ4n) is 2.20. The Labute approximate surface area is 113 Å². The minimum absolute atomic E-state index is 0.126. The fraction of sp³-hybridized carbons (Fsp3) is 0.500. The van der Waals surface area contributed by atoms with Crippen LogP contribution in [-0.2, 0) is 4.79 Å². The Kier molecular flexibility index (Phi) is 4.61. The average Bonchev–Trinajstić information content (AvgIpc) is 3.15. The molecule has 2 rings (SSSR count). The Morgan fingerprint density at radius 2 is 2.28 bits per heavy atom. The van der Waals surface area contributed by atoms with Gasteiger partial charge in [0.05, 0.1) is 0 Å². The number of nitrogens with one attached hydrogen (secondary N) is 1. The van der Waals surface area contributed by atoms with Crippen LogP contribution in [0.2, 0.25) is 5.02 Å². The molecule has 0 radical (unpaired) electrons. The molecule has 1 fully saturated rings. The summed E-state index contributed by atoms with van der Waals surface area (Å²) < 4.78 is 0. The molecule has 1 aromatic rings. The summed E-state index contributed by atoms with van der Waals surface area (Å²) >= 11 is 5.95. The second-order valence-electron chi connectivity index (χ2n) is 4.79. The predicted octanol–water partition coefficient (Wildman–Crippen LogP) is 2.30. The standard InChI is InChI=1S/C14H19ClN2O/c15-11-5-3-4-10(8-11)12-9-13(12)14(18)17-7-2-1-6-16/h3-5,8,12-13H,1-2,6-7,9,16H2,(H,17,18). The van der Waals surface area contributed by atoms with Crippen molar-refractivity contribution in [2.24, 2.45) is 11.7 Å². The summed E-state index contributed by atoms with van der Waals surface area (Å²) in [6.07, 6.45) is 2.85. The van der Waals surface area contributed by atoms with Gasteiger partial charge >= 0.3 is 0 Å². The molecule has 1 aromatic carbocycles. The van der Waals surface area contributed by atoms with Crippen molar-refractivity contribution in [1.82, 2.24) is 5.32 Å². The summed E-state index contributed by atoms with van der Waals surface area (Å²) in [4.78, 5) is 11.9. The van der Waals surface area contributed by atoms with Crippen LogP contribution in [-0.4, -0.2) is 19.0 Å². The van der Waals surface area contributed by atoms with Gasteiger partial charge in [0.15, 0.2) is 0 Å². The summed E-state index contributed by atoms with van der Waals surface area (Å²) in [5.74, 6) is 0.636. The molecule has 1 aliphatic rings. The van der Waals surface area contributed by atoms with E-state index in [0.29, 0.717) is 12.5 Å². The van der Waals surface area contributed by atoms with Gasteiger partial charge in [-0.05, 0) is 49.4 Å². The summed E-state index contributed by atoms with van der Waals surface area (Å²) in [6, 6.07) is 7.79. The maximum absolute atomic E-state index is 11.9. The second kappa shape index (κ2) is 6.21. The van der Waals surface area contributed by atoms with Crippen molar-refractivity contribution in [1.29, 1.82) is 0 Å². The summed E-state index contributed by atoms with van der Waals surface area (Å²) in [7, 11) is 0. The van der Waals surface area contributed by atoms with E-state index in [0.717, 1.165) is 30.8 Å². The van der Waals surface area contributed by atoms with E-state index in [2.05, 4.69) is 5.32 Å². The number of carbonyl (C=O) groups is 1. The van der Waals surface area contributed by atoms with E-state index in [1.807, 2.05) is 24.3 Å². The van der Waals surface area contributed by atoms with Crippen LogP contribution in [0.3, 0.4) is 0 Å². The number of amides is 1. The topological polar surface area (TPSA) is 55.1 Å². The molecular formula is C14H19ClN2O. The number of hydrogen-bond acceptors (Lipinski definition) is 2. The van der Waals surface area contributed by atoms with Crippen LogP contribution in [0.5, 0.6) is 0 Å². The third-order valence-electron chi connectivity index (χ3n) is 3.33. The van der Waals surface area contributed by atoms with Gasteiger partial charge in [0.25, 0.3) is 0 Å². The first-order chi connectivity index (χ1) is 8.72. The molecule has 1 amide bonds. The van der Waals surface area contributed by atoms with Gasteiger partial charge in [-0.2, -0.15) is 0 Å². The van der Waals surface area contributed by atoms with E-state index in [4.69, 9.17) is 17.3 Å². The molecule has 0 saturated heterocycles. The molecule has 2 atom stereocenters. The van der Waals surface area contributed by atoms with Gasteiger partial charge in [-0.1, -0.05) is 23.7 Å². The Morgan fingerprint density at radius 3 is 3.00 bits per heavy atom. The number of carbonyl (C=O) groups excluding carboxylic acids is 1. The normalized spacial score (nSPS) is 21.7. The van der Waals surface area contributed by atoms with Crippen LogP contribution >= 0.6 is 11.6 Å². The third kappa shape index (κ3) is 3.47. The predicted molar refractivity (Wildman–Crippen MR) is 73.6 cm³/mol. The van der Waals surface area contributed by atoms with E-state index in [9.17, 15) is 4.79 Å². The molecule has 98 valence electrons. The molecule has 1 saturated carbocycles. The zero-order valence-corrected chi connectivity index (χ0v) is 11.1. The van der Waals surface area contributed by atoms with Crippen molar-refractivity contribution in [3.8, 4) is 0 Å². The van der Waals surface area contributed by atoms with Crippen LogP contribution in [0.15, 0.2) is 24.3 Å². The molecule has 0 aliphatic heterocycles. The minimum atomic E-state index is 0.126. The van der Waals surface area contributed by atoms with E-state index >= 15 is 0 Å². The van der Waals surface area contributed by atoms with E-state index in [-0.39, 0.29) is 11.8 Å². The quantitative estimate of drug-likeness (QED) is 0.777. The van der Waals surface area contributed by atoms with Crippen molar-refractivity contribution < 1.29 is 4.79 Å². The third-order valence-corrected chi connectivity index (χ3v) is 3.57. The van der Waals surface area contributed by atoms with Gasteiger partial charge < -0.3 is 11.1 Å². The summed E-state index contributed by atoms with van der Waals surface area (Å²) in [6.45, 7) is 1.42. The molecule has 3 N–H and O–H groups in total. The first kappa shape index (κ1) is 13.4. The Bertz CT molecular complexity index is 422. The molecule has 0 aromatic heterocycles.